The van der Waals surface area contributed by atoms with Crippen LogP contribution in [0.1, 0.15) is 37.8 Å². The molecule has 4 aromatic rings. The van der Waals surface area contributed by atoms with Gasteiger partial charge in [0.05, 0.1) is 12.1 Å². The molecular weight excluding hydrogens is 450 g/mol. The maximum Gasteiger partial charge on any atom is 0.228 e. The molecule has 8 nitrogen and oxygen atoms in total. The summed E-state index contributed by atoms with van der Waals surface area (Å²) in [6.07, 6.45) is 2.60. The molecular formula is C28H31N7O. The number of tetrazole rings is 1. The van der Waals surface area contributed by atoms with E-state index in [2.05, 4.69) is 44.7 Å². The smallest absolute Gasteiger partial charge is 0.228 e. The van der Waals surface area contributed by atoms with Gasteiger partial charge in [-0.15, -0.1) is 5.10 Å². The number of nitrogens with zero attached hydrogens (tertiary/aromatic N) is 5. The van der Waals surface area contributed by atoms with Crippen molar-refractivity contribution >= 4 is 17.4 Å². The molecule has 0 radical (unpaired) electrons. The van der Waals surface area contributed by atoms with Crippen molar-refractivity contribution in [2.45, 2.75) is 40.0 Å². The van der Waals surface area contributed by atoms with Gasteiger partial charge in [-0.2, -0.15) is 0 Å². The van der Waals surface area contributed by atoms with Crippen LogP contribution in [-0.2, 0) is 11.2 Å². The highest BCUT2D eigenvalue weighted by molar-refractivity contribution is 5.93. The lowest BCUT2D eigenvalue weighted by atomic mass is 9.84. The summed E-state index contributed by atoms with van der Waals surface area (Å²) in [6.45, 7) is 8.47. The maximum atomic E-state index is 13.0. The van der Waals surface area contributed by atoms with E-state index in [0.717, 1.165) is 53.4 Å². The number of hydrogen-bond acceptors (Lipinski definition) is 6. The number of H-pyrrole nitrogens is 1. The lowest BCUT2D eigenvalue weighted by Gasteiger charge is -2.39. The number of carbonyl (C=O) groups is 1. The zero-order chi connectivity index (χ0) is 25.1. The zero-order valence-corrected chi connectivity index (χ0v) is 21.0. The van der Waals surface area contributed by atoms with Crippen molar-refractivity contribution in [3.63, 3.8) is 0 Å². The van der Waals surface area contributed by atoms with E-state index in [1.165, 1.54) is 12.0 Å². The van der Waals surface area contributed by atoms with Crippen LogP contribution in [0.15, 0.2) is 60.7 Å². The van der Waals surface area contributed by atoms with Crippen LogP contribution < -0.4 is 10.2 Å². The molecule has 1 aliphatic rings. The molecule has 0 spiro atoms. The monoisotopic (exact) mass is 481 g/mol. The second-order valence-electron chi connectivity index (χ2n) is 10.3. The van der Waals surface area contributed by atoms with Crippen molar-refractivity contribution in [2.24, 2.45) is 5.41 Å². The predicted molar refractivity (Wildman–Crippen MR) is 142 cm³/mol. The summed E-state index contributed by atoms with van der Waals surface area (Å²) in [5.74, 6) is 1.37. The van der Waals surface area contributed by atoms with Crippen LogP contribution in [0.25, 0.3) is 22.6 Å². The number of aryl methyl sites for hydroxylation is 1. The fourth-order valence-corrected chi connectivity index (χ4v) is 4.79. The minimum atomic E-state index is -0.0614. The Morgan fingerprint density at radius 1 is 1.08 bits per heavy atom. The standard InChI is InChI=1S/C28H31N7O/c1-19-9-11-20(12-10-19)15-26(36)29-21-16-24(22-7-4-5-8-23(22)27-31-33-34-32-27)30-25(17-21)35-14-6-13-28(2,3)18-35/h4-5,7-12,16-17H,6,13-15,18H2,1-3H3,(H,29,30,36)(H,31,32,33,34). The van der Waals surface area contributed by atoms with Crippen LogP contribution in [0, 0.1) is 12.3 Å². The molecule has 0 saturated carbocycles. The van der Waals surface area contributed by atoms with Crippen molar-refractivity contribution in [3.05, 3.63) is 71.8 Å². The van der Waals surface area contributed by atoms with E-state index in [4.69, 9.17) is 4.98 Å². The average molecular weight is 482 g/mol. The van der Waals surface area contributed by atoms with Gasteiger partial charge < -0.3 is 10.2 Å². The molecule has 3 heterocycles. The molecule has 0 unspecified atom stereocenters. The number of aromatic nitrogens is 5. The molecule has 1 saturated heterocycles. The van der Waals surface area contributed by atoms with E-state index in [-0.39, 0.29) is 11.3 Å². The van der Waals surface area contributed by atoms with Gasteiger partial charge in [0.1, 0.15) is 5.82 Å². The van der Waals surface area contributed by atoms with Crippen molar-refractivity contribution in [1.29, 1.82) is 0 Å². The normalized spacial score (nSPS) is 15.0. The third-order valence-corrected chi connectivity index (χ3v) is 6.61. The molecule has 1 fully saturated rings. The predicted octanol–water partition coefficient (Wildman–Crippen LogP) is 5.04. The van der Waals surface area contributed by atoms with E-state index in [0.29, 0.717) is 12.2 Å². The number of anilines is 2. The Labute approximate surface area is 211 Å². The molecule has 8 heteroatoms. The summed E-state index contributed by atoms with van der Waals surface area (Å²) in [5.41, 5.74) is 5.58. The lowest BCUT2D eigenvalue weighted by Crippen LogP contribution is -2.40. The second-order valence-corrected chi connectivity index (χ2v) is 10.3. The van der Waals surface area contributed by atoms with Crippen LogP contribution >= 0.6 is 0 Å². The minimum Gasteiger partial charge on any atom is -0.356 e. The van der Waals surface area contributed by atoms with Crippen molar-refractivity contribution in [3.8, 4) is 22.6 Å². The molecule has 0 atom stereocenters. The number of piperidine rings is 1. The van der Waals surface area contributed by atoms with E-state index >= 15 is 0 Å². The minimum absolute atomic E-state index is 0.0614. The van der Waals surface area contributed by atoms with Crippen molar-refractivity contribution < 1.29 is 4.79 Å². The highest BCUT2D eigenvalue weighted by Gasteiger charge is 2.28. The fraction of sp³-hybridized carbons (Fsp3) is 0.321. The third-order valence-electron chi connectivity index (χ3n) is 6.61. The number of pyridine rings is 1. The third kappa shape index (κ3) is 5.43. The van der Waals surface area contributed by atoms with Crippen LogP contribution in [0.2, 0.25) is 0 Å². The fourth-order valence-electron chi connectivity index (χ4n) is 4.79. The summed E-state index contributed by atoms with van der Waals surface area (Å²) >= 11 is 0. The Hall–Kier alpha value is -4.07. The Balaban J connectivity index is 1.51. The summed E-state index contributed by atoms with van der Waals surface area (Å²) < 4.78 is 0. The first-order valence-electron chi connectivity index (χ1n) is 12.3. The SMILES string of the molecule is Cc1ccc(CC(=O)Nc2cc(-c3ccccc3-c3nnn[nH]3)nc(N3CCCC(C)(C)C3)c2)cc1. The Morgan fingerprint density at radius 3 is 2.58 bits per heavy atom. The van der Waals surface area contributed by atoms with Crippen LogP contribution in [-0.4, -0.2) is 44.6 Å². The van der Waals surface area contributed by atoms with Gasteiger partial charge in [-0.1, -0.05) is 67.9 Å². The number of aromatic amines is 1. The van der Waals surface area contributed by atoms with Crippen LogP contribution in [0.5, 0.6) is 0 Å². The second kappa shape index (κ2) is 9.89. The number of hydrogen-bond donors (Lipinski definition) is 2. The Bertz CT molecular complexity index is 1350. The van der Waals surface area contributed by atoms with Gasteiger partial charge in [-0.3, -0.25) is 4.79 Å². The van der Waals surface area contributed by atoms with Gasteiger partial charge in [-0.05, 0) is 47.2 Å². The molecule has 184 valence electrons. The van der Waals surface area contributed by atoms with Crippen molar-refractivity contribution in [2.75, 3.05) is 23.3 Å². The van der Waals surface area contributed by atoms with Gasteiger partial charge in [-0.25, -0.2) is 10.1 Å². The number of amides is 1. The molecule has 0 bridgehead atoms. The number of carbonyl (C=O) groups excluding carboxylic acids is 1. The molecule has 2 aromatic heterocycles. The maximum absolute atomic E-state index is 13.0. The van der Waals surface area contributed by atoms with Gasteiger partial charge >= 0.3 is 0 Å². The highest BCUT2D eigenvalue weighted by atomic mass is 16.1. The largest absolute Gasteiger partial charge is 0.356 e. The molecule has 0 aliphatic carbocycles. The molecule has 2 N–H and O–H groups in total. The highest BCUT2D eigenvalue weighted by Crippen LogP contribution is 2.35. The quantitative estimate of drug-likeness (QED) is 0.400. The van der Waals surface area contributed by atoms with Gasteiger partial charge in [0.2, 0.25) is 5.91 Å². The average Bonchev–Trinajstić information content (AvgIpc) is 3.40. The van der Waals surface area contributed by atoms with E-state index in [1.54, 1.807) is 0 Å². The first-order chi connectivity index (χ1) is 17.4. The summed E-state index contributed by atoms with van der Waals surface area (Å²) in [4.78, 5) is 20.4. The lowest BCUT2D eigenvalue weighted by molar-refractivity contribution is -0.115. The molecule has 1 aliphatic heterocycles. The zero-order valence-electron chi connectivity index (χ0n) is 21.0. The number of benzene rings is 2. The topological polar surface area (TPSA) is 99.7 Å². The molecule has 5 rings (SSSR count). The van der Waals surface area contributed by atoms with Crippen LogP contribution in [0.4, 0.5) is 11.5 Å². The Kier molecular flexibility index (Phi) is 6.50. The number of rotatable bonds is 6. The summed E-state index contributed by atoms with van der Waals surface area (Å²) in [6, 6.07) is 19.8. The summed E-state index contributed by atoms with van der Waals surface area (Å²) in [7, 11) is 0. The van der Waals surface area contributed by atoms with Gasteiger partial charge in [0, 0.05) is 36.0 Å². The van der Waals surface area contributed by atoms with Crippen LogP contribution in [0.3, 0.4) is 0 Å². The van der Waals surface area contributed by atoms with E-state index in [9.17, 15) is 4.79 Å². The van der Waals surface area contributed by atoms with Crippen molar-refractivity contribution in [1.82, 2.24) is 25.6 Å². The molecule has 2 aromatic carbocycles. The van der Waals surface area contributed by atoms with Gasteiger partial charge in [0.25, 0.3) is 0 Å². The van der Waals surface area contributed by atoms with E-state index < -0.39 is 0 Å². The van der Waals surface area contributed by atoms with Gasteiger partial charge in [0.15, 0.2) is 5.82 Å². The molecule has 1 amide bonds. The first-order valence-corrected chi connectivity index (χ1v) is 12.3. The summed E-state index contributed by atoms with van der Waals surface area (Å²) in [5, 5.41) is 17.5. The molecule has 36 heavy (non-hydrogen) atoms. The Morgan fingerprint density at radius 2 is 1.86 bits per heavy atom. The number of nitrogens with one attached hydrogen (secondary N) is 2. The first kappa shape index (κ1) is 23.7. The van der Waals surface area contributed by atoms with E-state index in [1.807, 2.05) is 67.6 Å².